The molecule has 6 nitrogen and oxygen atoms in total. The van der Waals surface area contributed by atoms with Gasteiger partial charge < -0.3 is 10.2 Å². The van der Waals surface area contributed by atoms with E-state index in [2.05, 4.69) is 10.3 Å². The lowest BCUT2D eigenvalue weighted by Gasteiger charge is -2.35. The molecule has 0 radical (unpaired) electrons. The summed E-state index contributed by atoms with van der Waals surface area (Å²) in [7, 11) is 1.83. The Balaban J connectivity index is 0.00000264. The van der Waals surface area contributed by atoms with E-state index in [9.17, 15) is 13.6 Å². The highest BCUT2D eigenvalue weighted by atomic mass is 35.5. The lowest BCUT2D eigenvalue weighted by Crippen LogP contribution is -2.50. The number of carbonyl (C=O) groups excluding carboxylic acids is 1. The van der Waals surface area contributed by atoms with Gasteiger partial charge in [-0.25, -0.2) is 4.98 Å². The summed E-state index contributed by atoms with van der Waals surface area (Å²) in [5.41, 5.74) is 0. The summed E-state index contributed by atoms with van der Waals surface area (Å²) in [4.78, 5) is 20.1. The van der Waals surface area contributed by atoms with Gasteiger partial charge in [0.25, 0.3) is 0 Å². The summed E-state index contributed by atoms with van der Waals surface area (Å²) in [5.74, 6) is 0.454. The standard InChI is InChI=1S/C14H23F2N5O.2ClH/c1-11(9-17-2)13(22)20-7-5-19(6-8-20)10-12-18-3-4-21(12)14(15)16;;/h3-4,11,14,17H,5-10H2,1-2H3;2*1H. The van der Waals surface area contributed by atoms with E-state index in [1.807, 2.05) is 23.8 Å². The van der Waals surface area contributed by atoms with Crippen molar-refractivity contribution in [1.29, 1.82) is 0 Å². The Bertz CT molecular complexity index is 495. The molecule has 0 bridgehead atoms. The average molecular weight is 388 g/mol. The zero-order valence-electron chi connectivity index (χ0n) is 13.8. The van der Waals surface area contributed by atoms with Crippen LogP contribution in [0.3, 0.4) is 0 Å². The van der Waals surface area contributed by atoms with Crippen LogP contribution in [0.25, 0.3) is 0 Å². The van der Waals surface area contributed by atoms with Crippen molar-refractivity contribution in [2.75, 3.05) is 39.8 Å². The summed E-state index contributed by atoms with van der Waals surface area (Å²) in [5, 5.41) is 3.00. The Labute approximate surface area is 153 Å². The first-order valence-electron chi connectivity index (χ1n) is 7.48. The highest BCUT2D eigenvalue weighted by Crippen LogP contribution is 2.15. The molecule has 2 rings (SSSR count). The lowest BCUT2D eigenvalue weighted by atomic mass is 10.1. The smallest absolute Gasteiger partial charge is 0.319 e. The van der Waals surface area contributed by atoms with E-state index in [1.165, 1.54) is 12.4 Å². The Morgan fingerprint density at radius 1 is 1.29 bits per heavy atom. The number of aromatic nitrogens is 2. The molecule has 1 N–H and O–H groups in total. The van der Waals surface area contributed by atoms with E-state index < -0.39 is 6.55 Å². The molecular formula is C14H25Cl2F2N5O. The third-order valence-electron chi connectivity index (χ3n) is 3.94. The van der Waals surface area contributed by atoms with Crippen LogP contribution in [0.4, 0.5) is 8.78 Å². The predicted molar refractivity (Wildman–Crippen MR) is 92.9 cm³/mol. The highest BCUT2D eigenvalue weighted by Gasteiger charge is 2.25. The number of piperazine rings is 1. The monoisotopic (exact) mass is 387 g/mol. The number of nitrogens with zero attached hydrogens (tertiary/aromatic N) is 4. The van der Waals surface area contributed by atoms with Crippen LogP contribution in [0.5, 0.6) is 0 Å². The number of hydrogen-bond acceptors (Lipinski definition) is 4. The molecule has 1 fully saturated rings. The first-order valence-corrected chi connectivity index (χ1v) is 7.48. The number of amides is 1. The van der Waals surface area contributed by atoms with Gasteiger partial charge in [0.2, 0.25) is 5.91 Å². The third-order valence-corrected chi connectivity index (χ3v) is 3.94. The zero-order chi connectivity index (χ0) is 16.1. The normalized spacial score (nSPS) is 16.5. The van der Waals surface area contributed by atoms with Gasteiger partial charge in [0.1, 0.15) is 5.82 Å². The van der Waals surface area contributed by atoms with Crippen LogP contribution in [0.1, 0.15) is 19.3 Å². The SMILES string of the molecule is CNCC(C)C(=O)N1CCN(Cc2nccn2C(F)F)CC1.Cl.Cl. The van der Waals surface area contributed by atoms with Crippen molar-refractivity contribution in [2.24, 2.45) is 5.92 Å². The molecule has 10 heteroatoms. The highest BCUT2D eigenvalue weighted by molar-refractivity contribution is 5.85. The Kier molecular flexibility index (Phi) is 10.4. The first-order chi connectivity index (χ1) is 10.5. The summed E-state index contributed by atoms with van der Waals surface area (Å²) in [6.45, 7) is 2.98. The number of hydrogen-bond donors (Lipinski definition) is 1. The maximum atomic E-state index is 12.8. The largest absolute Gasteiger partial charge is 0.340 e. The van der Waals surface area contributed by atoms with Crippen molar-refractivity contribution < 1.29 is 13.6 Å². The molecule has 0 spiro atoms. The fourth-order valence-electron chi connectivity index (χ4n) is 2.68. The number of alkyl halides is 2. The second-order valence-corrected chi connectivity index (χ2v) is 5.59. The molecule has 140 valence electrons. The van der Waals surface area contributed by atoms with Gasteiger partial charge in [-0.1, -0.05) is 6.92 Å². The Morgan fingerprint density at radius 3 is 2.46 bits per heavy atom. The summed E-state index contributed by atoms with van der Waals surface area (Å²) < 4.78 is 26.5. The lowest BCUT2D eigenvalue weighted by molar-refractivity contribution is -0.136. The van der Waals surface area contributed by atoms with Crippen LogP contribution in [0.15, 0.2) is 12.4 Å². The van der Waals surface area contributed by atoms with Gasteiger partial charge >= 0.3 is 6.55 Å². The molecule has 0 aromatic carbocycles. The molecule has 1 aliphatic heterocycles. The van der Waals surface area contributed by atoms with Crippen molar-refractivity contribution in [1.82, 2.24) is 24.7 Å². The summed E-state index contributed by atoms with van der Waals surface area (Å²) >= 11 is 0. The third kappa shape index (κ3) is 5.84. The van der Waals surface area contributed by atoms with Gasteiger partial charge in [-0.2, -0.15) is 8.78 Å². The fourth-order valence-corrected chi connectivity index (χ4v) is 2.68. The molecule has 1 amide bonds. The molecule has 2 heterocycles. The fraction of sp³-hybridized carbons (Fsp3) is 0.714. The number of rotatable bonds is 6. The minimum atomic E-state index is -2.57. The molecule has 1 atom stereocenters. The number of halogens is 4. The number of carbonyl (C=O) groups is 1. The van der Waals surface area contributed by atoms with Crippen LogP contribution in [-0.2, 0) is 11.3 Å². The maximum absolute atomic E-state index is 12.8. The van der Waals surface area contributed by atoms with Crippen LogP contribution in [-0.4, -0.2) is 65.0 Å². The predicted octanol–water partition coefficient (Wildman–Crippen LogP) is 1.62. The Morgan fingerprint density at radius 2 is 1.92 bits per heavy atom. The van der Waals surface area contributed by atoms with Crippen LogP contribution < -0.4 is 5.32 Å². The van der Waals surface area contributed by atoms with Crippen molar-refractivity contribution in [3.05, 3.63) is 18.2 Å². The van der Waals surface area contributed by atoms with Crippen LogP contribution in [0.2, 0.25) is 0 Å². The summed E-state index contributed by atoms with van der Waals surface area (Å²) in [6, 6.07) is 0. The van der Waals surface area contributed by atoms with Gasteiger partial charge in [-0.15, -0.1) is 24.8 Å². The molecule has 0 saturated carbocycles. The summed E-state index contributed by atoms with van der Waals surface area (Å²) in [6.07, 6.45) is 2.68. The molecule has 0 aliphatic carbocycles. The second kappa shape index (κ2) is 10.8. The Hall–Kier alpha value is -0.960. The number of imidazole rings is 1. The molecule has 1 unspecified atom stereocenters. The van der Waals surface area contributed by atoms with E-state index in [4.69, 9.17) is 0 Å². The molecular weight excluding hydrogens is 363 g/mol. The van der Waals surface area contributed by atoms with E-state index in [1.54, 1.807) is 0 Å². The minimum absolute atomic E-state index is 0. The van der Waals surface area contributed by atoms with Gasteiger partial charge in [0.15, 0.2) is 0 Å². The topological polar surface area (TPSA) is 53.4 Å². The average Bonchev–Trinajstić information content (AvgIpc) is 2.96. The van der Waals surface area contributed by atoms with Crippen LogP contribution >= 0.6 is 24.8 Å². The maximum Gasteiger partial charge on any atom is 0.319 e. The van der Waals surface area contributed by atoms with Gasteiger partial charge in [0.05, 0.1) is 6.54 Å². The van der Waals surface area contributed by atoms with Crippen molar-refractivity contribution in [3.8, 4) is 0 Å². The van der Waals surface area contributed by atoms with Crippen molar-refractivity contribution in [2.45, 2.75) is 20.0 Å². The minimum Gasteiger partial charge on any atom is -0.340 e. The quantitative estimate of drug-likeness (QED) is 0.805. The first kappa shape index (κ1) is 23.0. The van der Waals surface area contributed by atoms with Crippen LogP contribution in [0, 0.1) is 5.92 Å². The van der Waals surface area contributed by atoms with E-state index in [-0.39, 0.29) is 36.6 Å². The molecule has 24 heavy (non-hydrogen) atoms. The van der Waals surface area contributed by atoms with Gasteiger partial charge in [0, 0.05) is 51.0 Å². The van der Waals surface area contributed by atoms with Crippen molar-refractivity contribution >= 4 is 30.7 Å². The molecule has 1 saturated heterocycles. The second-order valence-electron chi connectivity index (χ2n) is 5.59. The van der Waals surface area contributed by atoms with E-state index in [0.717, 1.165) is 4.57 Å². The van der Waals surface area contributed by atoms with Gasteiger partial charge in [-0.3, -0.25) is 14.3 Å². The molecule has 1 aromatic heterocycles. The van der Waals surface area contributed by atoms with E-state index >= 15 is 0 Å². The van der Waals surface area contributed by atoms with Crippen molar-refractivity contribution in [3.63, 3.8) is 0 Å². The number of nitrogens with one attached hydrogen (secondary N) is 1. The molecule has 1 aliphatic rings. The van der Waals surface area contributed by atoms with Gasteiger partial charge in [-0.05, 0) is 7.05 Å². The van der Waals surface area contributed by atoms with E-state index in [0.29, 0.717) is 45.1 Å². The molecule has 1 aromatic rings. The zero-order valence-corrected chi connectivity index (χ0v) is 15.5.